The number of ether oxygens (including phenoxy) is 1. The van der Waals surface area contributed by atoms with E-state index in [1.54, 1.807) is 7.11 Å². The Bertz CT molecular complexity index is 154. The van der Waals surface area contributed by atoms with Crippen molar-refractivity contribution in [3.63, 3.8) is 0 Å². The molecule has 66 valence electrons. The van der Waals surface area contributed by atoms with Gasteiger partial charge in [-0.3, -0.25) is 4.79 Å². The van der Waals surface area contributed by atoms with Gasteiger partial charge >= 0.3 is 57.4 Å². The van der Waals surface area contributed by atoms with Crippen LogP contribution in [0.3, 0.4) is 0 Å². The van der Waals surface area contributed by atoms with Crippen molar-refractivity contribution in [2.45, 2.75) is 31.8 Å². The zero-order valence-corrected chi connectivity index (χ0v) is 10.9. The summed E-state index contributed by atoms with van der Waals surface area (Å²) >= 11 is 0. The van der Waals surface area contributed by atoms with E-state index in [1.807, 2.05) is 0 Å². The Kier molecular flexibility index (Phi) is 7.09. The number of hydrogen-bond donors (Lipinski definition) is 1. The van der Waals surface area contributed by atoms with Gasteiger partial charge in [0.25, 0.3) is 0 Å². The summed E-state index contributed by atoms with van der Waals surface area (Å²) in [6, 6.07) is 0. The van der Waals surface area contributed by atoms with Crippen LogP contribution in [0.2, 0.25) is 0 Å². The molecular formula is C8H15KO3. The molecule has 0 aromatic heterocycles. The van der Waals surface area contributed by atoms with Crippen molar-refractivity contribution in [3.8, 4) is 0 Å². The standard InChI is InChI=1S/C8H14O3.K.H/c1-11-7-3-2-6(4-7)5-8(9)10;;/h6-7H,2-5H2,1H3,(H,9,10);;/q;+1;-1/t6-,7-;;/m0../s1. The molecule has 4 heteroatoms. The van der Waals surface area contributed by atoms with Crippen molar-refractivity contribution in [2.75, 3.05) is 7.11 Å². The molecule has 1 saturated carbocycles. The van der Waals surface area contributed by atoms with Gasteiger partial charge in [0.1, 0.15) is 0 Å². The fraction of sp³-hybridized carbons (Fsp3) is 0.875. The average Bonchev–Trinajstić information content (AvgIpc) is 2.34. The third-order valence-corrected chi connectivity index (χ3v) is 2.29. The van der Waals surface area contributed by atoms with Gasteiger partial charge in [-0.2, -0.15) is 0 Å². The van der Waals surface area contributed by atoms with Gasteiger partial charge < -0.3 is 11.3 Å². The molecule has 0 amide bonds. The van der Waals surface area contributed by atoms with E-state index in [9.17, 15) is 4.79 Å². The van der Waals surface area contributed by atoms with E-state index < -0.39 is 5.97 Å². The first-order chi connectivity index (χ1) is 5.22. The Morgan fingerprint density at radius 1 is 1.67 bits per heavy atom. The van der Waals surface area contributed by atoms with Crippen molar-refractivity contribution in [2.24, 2.45) is 5.92 Å². The maximum atomic E-state index is 10.3. The zero-order chi connectivity index (χ0) is 8.27. The third-order valence-electron chi connectivity index (χ3n) is 2.29. The molecule has 0 bridgehead atoms. The molecule has 0 radical (unpaired) electrons. The fourth-order valence-corrected chi connectivity index (χ4v) is 1.68. The van der Waals surface area contributed by atoms with Crippen molar-refractivity contribution in [1.29, 1.82) is 0 Å². The molecule has 0 spiro atoms. The molecule has 0 heterocycles. The van der Waals surface area contributed by atoms with Crippen LogP contribution in [0.5, 0.6) is 0 Å². The van der Waals surface area contributed by atoms with E-state index in [-0.39, 0.29) is 52.8 Å². The minimum absolute atomic E-state index is 0. The molecule has 0 aromatic carbocycles. The number of carboxylic acids is 1. The Balaban J connectivity index is 0. The number of rotatable bonds is 3. The summed E-state index contributed by atoms with van der Waals surface area (Å²) < 4.78 is 5.13. The summed E-state index contributed by atoms with van der Waals surface area (Å²) in [5, 5.41) is 8.49. The summed E-state index contributed by atoms with van der Waals surface area (Å²) in [6.07, 6.45) is 3.56. The van der Waals surface area contributed by atoms with Crippen LogP contribution < -0.4 is 51.4 Å². The number of hydrogen-bond acceptors (Lipinski definition) is 2. The Morgan fingerprint density at radius 3 is 2.75 bits per heavy atom. The molecule has 1 fully saturated rings. The van der Waals surface area contributed by atoms with Gasteiger partial charge in [-0.05, 0) is 25.2 Å². The molecule has 1 aliphatic carbocycles. The van der Waals surface area contributed by atoms with Gasteiger partial charge in [-0.1, -0.05) is 0 Å². The molecule has 0 saturated heterocycles. The Morgan fingerprint density at radius 2 is 2.33 bits per heavy atom. The van der Waals surface area contributed by atoms with E-state index >= 15 is 0 Å². The second-order valence-corrected chi connectivity index (χ2v) is 3.13. The van der Waals surface area contributed by atoms with E-state index in [4.69, 9.17) is 9.84 Å². The van der Waals surface area contributed by atoms with Crippen LogP contribution in [-0.2, 0) is 9.53 Å². The molecule has 1 N–H and O–H groups in total. The van der Waals surface area contributed by atoms with E-state index in [0.29, 0.717) is 18.4 Å². The largest absolute Gasteiger partial charge is 1.00 e. The first-order valence-corrected chi connectivity index (χ1v) is 3.97. The van der Waals surface area contributed by atoms with Crippen LogP contribution in [0.25, 0.3) is 0 Å². The van der Waals surface area contributed by atoms with Crippen molar-refractivity contribution < 1.29 is 67.4 Å². The quantitative estimate of drug-likeness (QED) is 0.555. The maximum absolute atomic E-state index is 10.3. The SMILES string of the molecule is CO[C@H]1CC[C@H](CC(=O)O)C1.[H-].[K+]. The first kappa shape index (κ1) is 13.1. The summed E-state index contributed by atoms with van der Waals surface area (Å²) in [5.41, 5.74) is 0. The first-order valence-electron chi connectivity index (χ1n) is 3.97. The summed E-state index contributed by atoms with van der Waals surface area (Å²) in [7, 11) is 1.69. The van der Waals surface area contributed by atoms with E-state index in [0.717, 1.165) is 19.3 Å². The molecule has 0 aliphatic heterocycles. The van der Waals surface area contributed by atoms with Gasteiger partial charge in [0, 0.05) is 13.5 Å². The summed E-state index contributed by atoms with van der Waals surface area (Å²) in [6.45, 7) is 0. The van der Waals surface area contributed by atoms with Crippen LogP contribution in [0.1, 0.15) is 27.1 Å². The van der Waals surface area contributed by atoms with Gasteiger partial charge in [-0.15, -0.1) is 0 Å². The van der Waals surface area contributed by atoms with Crippen LogP contribution in [0.4, 0.5) is 0 Å². The fourth-order valence-electron chi connectivity index (χ4n) is 1.68. The molecule has 0 aromatic rings. The van der Waals surface area contributed by atoms with E-state index in [1.165, 1.54) is 0 Å². The van der Waals surface area contributed by atoms with Crippen LogP contribution in [0, 0.1) is 5.92 Å². The number of carbonyl (C=O) groups is 1. The molecule has 12 heavy (non-hydrogen) atoms. The zero-order valence-electron chi connectivity index (χ0n) is 8.75. The minimum Gasteiger partial charge on any atom is -1.00 e. The normalized spacial score (nSPS) is 28.1. The second kappa shape index (κ2) is 6.51. The topological polar surface area (TPSA) is 46.5 Å². The van der Waals surface area contributed by atoms with Crippen molar-refractivity contribution >= 4 is 5.97 Å². The van der Waals surface area contributed by atoms with Crippen molar-refractivity contribution in [3.05, 3.63) is 0 Å². The average molecular weight is 198 g/mol. The van der Waals surface area contributed by atoms with Crippen molar-refractivity contribution in [1.82, 2.24) is 0 Å². The molecule has 0 unspecified atom stereocenters. The molecule has 1 rings (SSSR count). The van der Waals surface area contributed by atoms with Gasteiger partial charge in [-0.25, -0.2) is 0 Å². The monoisotopic (exact) mass is 198 g/mol. The van der Waals surface area contributed by atoms with Crippen LogP contribution in [-0.4, -0.2) is 24.3 Å². The number of methoxy groups -OCH3 is 1. The third kappa shape index (κ3) is 4.34. The summed E-state index contributed by atoms with van der Waals surface area (Å²) in [5.74, 6) is -0.343. The molecule has 1 aliphatic rings. The Labute approximate surface area is 117 Å². The smallest absolute Gasteiger partial charge is 1.00 e. The number of aliphatic carboxylic acids is 1. The van der Waals surface area contributed by atoms with Gasteiger partial charge in [0.2, 0.25) is 0 Å². The second-order valence-electron chi connectivity index (χ2n) is 3.13. The van der Waals surface area contributed by atoms with E-state index in [2.05, 4.69) is 0 Å². The van der Waals surface area contributed by atoms with Crippen LogP contribution in [0.15, 0.2) is 0 Å². The number of carboxylic acid groups (broad SMARTS) is 1. The predicted octanol–water partition coefficient (Wildman–Crippen LogP) is -1.61. The Hall–Kier alpha value is 1.07. The molecule has 3 nitrogen and oxygen atoms in total. The predicted molar refractivity (Wildman–Crippen MR) is 41.5 cm³/mol. The molecular weight excluding hydrogens is 183 g/mol. The maximum Gasteiger partial charge on any atom is 1.00 e. The van der Waals surface area contributed by atoms with Crippen LogP contribution >= 0.6 is 0 Å². The van der Waals surface area contributed by atoms with Gasteiger partial charge in [0.15, 0.2) is 0 Å². The minimum atomic E-state index is -0.688. The van der Waals surface area contributed by atoms with Gasteiger partial charge in [0.05, 0.1) is 6.10 Å². The molecule has 2 atom stereocenters. The summed E-state index contributed by atoms with van der Waals surface area (Å²) in [4.78, 5) is 10.3.